The molecule has 1 aromatic rings. The van der Waals surface area contributed by atoms with Crippen molar-refractivity contribution in [3.8, 4) is 0 Å². The normalized spacial score (nSPS) is 27.7. The maximum absolute atomic E-state index is 12.4. The number of hydrogen-bond donors (Lipinski definition) is 1. The van der Waals surface area contributed by atoms with Gasteiger partial charge in [-0.1, -0.05) is 18.2 Å². The Morgan fingerprint density at radius 1 is 1.39 bits per heavy atom. The number of anilines is 1. The number of nitrogens with one attached hydrogen (secondary N) is 1. The van der Waals surface area contributed by atoms with Crippen molar-refractivity contribution in [2.24, 2.45) is 0 Å². The molecule has 23 heavy (non-hydrogen) atoms. The summed E-state index contributed by atoms with van der Waals surface area (Å²) in [4.78, 5) is 26.3. The number of halogens is 1. The van der Waals surface area contributed by atoms with E-state index in [1.54, 1.807) is 4.90 Å². The van der Waals surface area contributed by atoms with Crippen molar-refractivity contribution in [3.63, 3.8) is 0 Å². The molecule has 0 radical (unpaired) electrons. The Labute approximate surface area is 140 Å². The minimum absolute atomic E-state index is 0.0352. The molecule has 2 heterocycles. The maximum atomic E-state index is 12.4. The van der Waals surface area contributed by atoms with Gasteiger partial charge < -0.3 is 15.0 Å². The molecular formula is C17H21ClN2O3. The summed E-state index contributed by atoms with van der Waals surface area (Å²) in [6, 6.07) is 7.51. The first-order valence-corrected chi connectivity index (χ1v) is 8.26. The van der Waals surface area contributed by atoms with E-state index in [-0.39, 0.29) is 29.7 Å². The van der Waals surface area contributed by atoms with Crippen LogP contribution in [0, 0.1) is 0 Å². The van der Waals surface area contributed by atoms with E-state index in [1.165, 1.54) is 12.7 Å². The highest BCUT2D eigenvalue weighted by Gasteiger charge is 2.55. The first-order valence-electron chi connectivity index (χ1n) is 7.73. The largest absolute Gasteiger partial charge is 0.467 e. The van der Waals surface area contributed by atoms with Crippen LogP contribution >= 0.6 is 11.6 Å². The number of amides is 1. The summed E-state index contributed by atoms with van der Waals surface area (Å²) in [5, 5.41) is 3.52. The lowest BCUT2D eigenvalue weighted by Gasteiger charge is -2.52. The predicted molar refractivity (Wildman–Crippen MR) is 88.7 cm³/mol. The van der Waals surface area contributed by atoms with Gasteiger partial charge in [0.2, 0.25) is 5.91 Å². The molecule has 0 aromatic heterocycles. The number of carbonyl (C=O) groups excluding carboxylic acids is 2. The predicted octanol–water partition coefficient (Wildman–Crippen LogP) is 2.36. The summed E-state index contributed by atoms with van der Waals surface area (Å²) in [7, 11) is 1.35. The fourth-order valence-electron chi connectivity index (χ4n) is 4.13. The van der Waals surface area contributed by atoms with Crippen molar-refractivity contribution in [2.45, 2.75) is 43.8 Å². The molecule has 124 valence electrons. The fraction of sp³-hybridized carbons (Fsp3) is 0.529. The molecule has 0 aliphatic carbocycles. The van der Waals surface area contributed by atoms with Crippen LogP contribution in [-0.4, -0.2) is 47.4 Å². The molecule has 1 aromatic carbocycles. The van der Waals surface area contributed by atoms with Gasteiger partial charge in [0, 0.05) is 11.6 Å². The number of esters is 1. The number of ether oxygens (including phenoxy) is 1. The number of methoxy groups -OCH3 is 1. The molecule has 1 saturated heterocycles. The van der Waals surface area contributed by atoms with Crippen LogP contribution in [0.2, 0.25) is 0 Å². The lowest BCUT2D eigenvalue weighted by molar-refractivity contribution is -0.161. The highest BCUT2D eigenvalue weighted by atomic mass is 35.5. The van der Waals surface area contributed by atoms with E-state index in [9.17, 15) is 9.59 Å². The Morgan fingerprint density at radius 2 is 2.09 bits per heavy atom. The first-order chi connectivity index (χ1) is 10.9. The zero-order valence-electron chi connectivity index (χ0n) is 13.5. The number of alkyl halides is 1. The van der Waals surface area contributed by atoms with Crippen molar-refractivity contribution in [1.82, 2.24) is 4.90 Å². The summed E-state index contributed by atoms with van der Waals surface area (Å²) in [5.74, 6) is -0.631. The Bertz CT molecular complexity index is 646. The molecule has 5 nitrogen and oxygen atoms in total. The van der Waals surface area contributed by atoms with E-state index >= 15 is 0 Å². The zero-order valence-corrected chi connectivity index (χ0v) is 14.3. The molecule has 2 unspecified atom stereocenters. The molecule has 1 amide bonds. The Balaban J connectivity index is 2.05. The van der Waals surface area contributed by atoms with E-state index in [2.05, 4.69) is 11.4 Å². The number of hydrogen-bond acceptors (Lipinski definition) is 4. The van der Waals surface area contributed by atoms with Gasteiger partial charge in [-0.3, -0.25) is 4.79 Å². The molecule has 1 fully saturated rings. The SMILES string of the molecule is COC(=O)[C@H]1CC2c3ccccc3NC2C(C)(C)N1C(=O)CCl. The molecule has 3 rings (SSSR count). The van der Waals surface area contributed by atoms with Gasteiger partial charge in [-0.25, -0.2) is 4.79 Å². The quantitative estimate of drug-likeness (QED) is 0.665. The van der Waals surface area contributed by atoms with Gasteiger partial charge in [0.15, 0.2) is 0 Å². The standard InChI is InChI=1S/C17H21ClN2O3/c1-17(2)15-11(10-6-4-5-7-12(10)19-15)8-13(16(22)23-3)20(17)14(21)9-18/h4-7,11,13,15,19H,8-9H2,1-3H3/t11?,13-,15?/m1/s1. The smallest absolute Gasteiger partial charge is 0.328 e. The number of fused-ring (bicyclic) bond motifs is 3. The van der Waals surface area contributed by atoms with Crippen LogP contribution in [0.25, 0.3) is 0 Å². The maximum Gasteiger partial charge on any atom is 0.328 e. The summed E-state index contributed by atoms with van der Waals surface area (Å²) >= 11 is 5.79. The number of nitrogens with zero attached hydrogens (tertiary/aromatic N) is 1. The molecule has 3 atom stereocenters. The average molecular weight is 337 g/mol. The number of para-hydroxylation sites is 1. The molecule has 6 heteroatoms. The monoisotopic (exact) mass is 336 g/mol. The van der Waals surface area contributed by atoms with Gasteiger partial charge in [-0.05, 0) is 31.9 Å². The van der Waals surface area contributed by atoms with Crippen LogP contribution in [0.4, 0.5) is 5.69 Å². The number of piperidine rings is 1. The molecule has 0 saturated carbocycles. The molecular weight excluding hydrogens is 316 g/mol. The van der Waals surface area contributed by atoms with E-state index < -0.39 is 11.6 Å². The van der Waals surface area contributed by atoms with Crippen molar-refractivity contribution in [3.05, 3.63) is 29.8 Å². The highest BCUT2D eigenvalue weighted by Crippen LogP contribution is 2.49. The molecule has 2 aliphatic heterocycles. The number of rotatable bonds is 2. The van der Waals surface area contributed by atoms with E-state index in [0.717, 1.165) is 5.69 Å². The topological polar surface area (TPSA) is 58.6 Å². The minimum Gasteiger partial charge on any atom is -0.467 e. The van der Waals surface area contributed by atoms with Gasteiger partial charge in [0.05, 0.1) is 18.7 Å². The second kappa shape index (κ2) is 5.71. The van der Waals surface area contributed by atoms with Crippen LogP contribution in [0.3, 0.4) is 0 Å². The second-order valence-corrected chi connectivity index (χ2v) is 6.91. The van der Waals surface area contributed by atoms with Gasteiger partial charge in [0.1, 0.15) is 11.9 Å². The highest BCUT2D eigenvalue weighted by molar-refractivity contribution is 6.27. The average Bonchev–Trinajstić information content (AvgIpc) is 2.93. The lowest BCUT2D eigenvalue weighted by atomic mass is 9.73. The summed E-state index contributed by atoms with van der Waals surface area (Å²) in [5.41, 5.74) is 1.70. The van der Waals surface area contributed by atoms with Crippen LogP contribution in [0.15, 0.2) is 24.3 Å². The van der Waals surface area contributed by atoms with E-state index in [4.69, 9.17) is 16.3 Å². The van der Waals surface area contributed by atoms with Crippen molar-refractivity contribution in [2.75, 3.05) is 18.3 Å². The van der Waals surface area contributed by atoms with Gasteiger partial charge >= 0.3 is 5.97 Å². The van der Waals surface area contributed by atoms with Crippen molar-refractivity contribution >= 4 is 29.2 Å². The third-order valence-corrected chi connectivity index (χ3v) is 5.33. The Morgan fingerprint density at radius 3 is 2.74 bits per heavy atom. The van der Waals surface area contributed by atoms with Gasteiger partial charge in [0.25, 0.3) is 0 Å². The number of benzene rings is 1. The van der Waals surface area contributed by atoms with Crippen molar-refractivity contribution < 1.29 is 14.3 Å². The third kappa shape index (κ3) is 2.38. The van der Waals surface area contributed by atoms with Crippen molar-refractivity contribution in [1.29, 1.82) is 0 Å². The van der Waals surface area contributed by atoms with Gasteiger partial charge in [-0.15, -0.1) is 11.6 Å². The first kappa shape index (κ1) is 16.1. The van der Waals surface area contributed by atoms with E-state index in [0.29, 0.717) is 6.42 Å². The minimum atomic E-state index is -0.615. The van der Waals surface area contributed by atoms with Crippen LogP contribution < -0.4 is 5.32 Å². The second-order valence-electron chi connectivity index (χ2n) is 6.64. The van der Waals surface area contributed by atoms with Crippen LogP contribution in [-0.2, 0) is 14.3 Å². The fourth-order valence-corrected chi connectivity index (χ4v) is 4.25. The molecule has 0 bridgehead atoms. The summed E-state index contributed by atoms with van der Waals surface area (Å²) in [6.45, 7) is 3.95. The molecule has 0 spiro atoms. The third-order valence-electron chi connectivity index (χ3n) is 5.10. The zero-order chi connectivity index (χ0) is 16.8. The lowest BCUT2D eigenvalue weighted by Crippen LogP contribution is -2.67. The van der Waals surface area contributed by atoms with Gasteiger partial charge in [-0.2, -0.15) is 0 Å². The summed E-state index contributed by atoms with van der Waals surface area (Å²) < 4.78 is 4.95. The number of carbonyl (C=O) groups is 2. The Hall–Kier alpha value is -1.75. The molecule has 1 N–H and O–H groups in total. The number of likely N-dealkylation sites (tertiary alicyclic amines) is 1. The Kier molecular flexibility index (Phi) is 4.00. The van der Waals surface area contributed by atoms with Crippen LogP contribution in [0.1, 0.15) is 31.7 Å². The molecule has 2 aliphatic rings. The van der Waals surface area contributed by atoms with Crippen LogP contribution in [0.5, 0.6) is 0 Å². The summed E-state index contributed by atoms with van der Waals surface area (Å²) in [6.07, 6.45) is 0.535. The van der Waals surface area contributed by atoms with E-state index in [1.807, 2.05) is 32.0 Å².